The number of hydrogen-bond donors (Lipinski definition) is 1. The highest BCUT2D eigenvalue weighted by atomic mass is 35.5. The third-order valence-corrected chi connectivity index (χ3v) is 4.78. The number of hydrogen-bond acceptors (Lipinski definition) is 2. The van der Waals surface area contributed by atoms with Gasteiger partial charge >= 0.3 is 0 Å². The summed E-state index contributed by atoms with van der Waals surface area (Å²) in [6.45, 7) is 3.02. The van der Waals surface area contributed by atoms with E-state index < -0.39 is 0 Å². The summed E-state index contributed by atoms with van der Waals surface area (Å²) in [4.78, 5) is 0. The average molecular weight is 407 g/mol. The zero-order valence-corrected chi connectivity index (χ0v) is 16.5. The van der Waals surface area contributed by atoms with Crippen molar-refractivity contribution in [3.63, 3.8) is 0 Å². The second-order valence-electron chi connectivity index (χ2n) is 6.00. The molecule has 2 nitrogen and oxygen atoms in total. The van der Waals surface area contributed by atoms with Crippen LogP contribution in [-0.4, -0.2) is 0 Å². The molecule has 0 unspecified atom stereocenters. The van der Waals surface area contributed by atoms with Gasteiger partial charge in [-0.3, -0.25) is 0 Å². The summed E-state index contributed by atoms with van der Waals surface area (Å²) in [5.74, 6) is 0.764. The molecule has 0 fully saturated rings. The van der Waals surface area contributed by atoms with E-state index in [-0.39, 0.29) is 0 Å². The number of nitrogens with one attached hydrogen (secondary N) is 1. The number of ether oxygens (including phenoxy) is 1. The van der Waals surface area contributed by atoms with Gasteiger partial charge in [-0.2, -0.15) is 0 Å². The average Bonchev–Trinajstić information content (AvgIpc) is 2.62. The number of anilines is 1. The van der Waals surface area contributed by atoms with Crippen LogP contribution in [0.15, 0.2) is 60.7 Å². The third kappa shape index (κ3) is 5.07. The normalized spacial score (nSPS) is 10.6. The van der Waals surface area contributed by atoms with Crippen molar-refractivity contribution in [3.8, 4) is 5.75 Å². The first-order chi connectivity index (χ1) is 12.5. The second kappa shape index (κ2) is 8.68. The Morgan fingerprint density at radius 1 is 0.808 bits per heavy atom. The van der Waals surface area contributed by atoms with E-state index in [1.54, 1.807) is 12.1 Å². The molecule has 0 heterocycles. The molecule has 0 aliphatic carbocycles. The van der Waals surface area contributed by atoms with Crippen LogP contribution in [-0.2, 0) is 13.2 Å². The summed E-state index contributed by atoms with van der Waals surface area (Å²) in [5, 5.41) is 5.25. The van der Waals surface area contributed by atoms with Gasteiger partial charge in [0.05, 0.1) is 0 Å². The molecule has 26 heavy (non-hydrogen) atoms. The van der Waals surface area contributed by atoms with Gasteiger partial charge in [0.25, 0.3) is 0 Å². The van der Waals surface area contributed by atoms with E-state index in [0.717, 1.165) is 22.6 Å². The lowest BCUT2D eigenvalue weighted by molar-refractivity contribution is 0.303. The quantitative estimate of drug-likeness (QED) is 0.469. The van der Waals surface area contributed by atoms with Crippen LogP contribution in [0.5, 0.6) is 5.75 Å². The predicted octanol–water partition coefficient (Wildman–Crippen LogP) is 7.15. The predicted molar refractivity (Wildman–Crippen MR) is 111 cm³/mol. The molecule has 0 saturated heterocycles. The summed E-state index contributed by atoms with van der Waals surface area (Å²) in [5.41, 5.74) is 4.12. The largest absolute Gasteiger partial charge is 0.488 e. The van der Waals surface area contributed by atoms with Crippen molar-refractivity contribution < 1.29 is 4.74 Å². The molecule has 0 radical (unpaired) electrons. The highest BCUT2D eigenvalue weighted by Gasteiger charge is 2.08. The lowest BCUT2D eigenvalue weighted by atomic mass is 10.1. The van der Waals surface area contributed by atoms with Crippen molar-refractivity contribution in [1.29, 1.82) is 0 Å². The Morgan fingerprint density at radius 2 is 1.50 bits per heavy atom. The molecule has 0 saturated carbocycles. The first kappa shape index (κ1) is 18.9. The van der Waals surface area contributed by atoms with Gasteiger partial charge in [0, 0.05) is 38.4 Å². The Kier molecular flexibility index (Phi) is 6.31. The Balaban J connectivity index is 1.71. The van der Waals surface area contributed by atoms with Crippen LogP contribution in [0, 0.1) is 6.92 Å². The Morgan fingerprint density at radius 3 is 2.23 bits per heavy atom. The maximum absolute atomic E-state index is 6.22. The number of halogens is 3. The van der Waals surface area contributed by atoms with E-state index in [0.29, 0.717) is 28.2 Å². The van der Waals surface area contributed by atoms with Gasteiger partial charge in [-0.05, 0) is 49.4 Å². The molecule has 0 aliphatic heterocycles. The minimum atomic E-state index is 0.356. The zero-order chi connectivity index (χ0) is 18.5. The van der Waals surface area contributed by atoms with Crippen LogP contribution in [0.1, 0.15) is 16.7 Å². The van der Waals surface area contributed by atoms with Crippen molar-refractivity contribution in [1.82, 2.24) is 0 Å². The molecule has 0 aromatic heterocycles. The molecule has 3 aromatic carbocycles. The summed E-state index contributed by atoms with van der Waals surface area (Å²) in [7, 11) is 0. The Hall–Kier alpha value is -1.87. The summed E-state index contributed by atoms with van der Waals surface area (Å²) < 4.78 is 5.98. The fourth-order valence-corrected chi connectivity index (χ4v) is 3.15. The molecule has 3 aromatic rings. The molecule has 5 heteroatoms. The van der Waals surface area contributed by atoms with Gasteiger partial charge in [0.1, 0.15) is 12.4 Å². The van der Waals surface area contributed by atoms with Crippen LogP contribution in [0.3, 0.4) is 0 Å². The van der Waals surface area contributed by atoms with Gasteiger partial charge in [0.2, 0.25) is 0 Å². The number of benzene rings is 3. The molecular formula is C21H18Cl3NO. The van der Waals surface area contributed by atoms with Crippen molar-refractivity contribution in [2.75, 3.05) is 5.32 Å². The fraction of sp³-hybridized carbons (Fsp3) is 0.143. The van der Waals surface area contributed by atoms with Crippen molar-refractivity contribution in [2.24, 2.45) is 0 Å². The minimum absolute atomic E-state index is 0.356. The SMILES string of the molecule is Cc1ccc(NCc2cc(Cl)ccc2OCc2ccc(Cl)cc2Cl)cc1. The lowest BCUT2D eigenvalue weighted by Gasteiger charge is -2.14. The van der Waals surface area contributed by atoms with E-state index in [4.69, 9.17) is 39.5 Å². The summed E-state index contributed by atoms with van der Waals surface area (Å²) in [6, 6.07) is 19.2. The van der Waals surface area contributed by atoms with Gasteiger partial charge in [-0.15, -0.1) is 0 Å². The zero-order valence-electron chi connectivity index (χ0n) is 14.2. The van der Waals surface area contributed by atoms with Crippen LogP contribution >= 0.6 is 34.8 Å². The molecule has 0 aliphatic rings. The van der Waals surface area contributed by atoms with Crippen molar-refractivity contribution >= 4 is 40.5 Å². The van der Waals surface area contributed by atoms with E-state index in [9.17, 15) is 0 Å². The van der Waals surface area contributed by atoms with E-state index >= 15 is 0 Å². The van der Waals surface area contributed by atoms with Gasteiger partial charge in [0.15, 0.2) is 0 Å². The Bertz CT molecular complexity index is 894. The minimum Gasteiger partial charge on any atom is -0.488 e. The highest BCUT2D eigenvalue weighted by molar-refractivity contribution is 6.35. The molecule has 0 amide bonds. The maximum atomic E-state index is 6.22. The van der Waals surface area contributed by atoms with Crippen LogP contribution in [0.4, 0.5) is 5.69 Å². The number of rotatable bonds is 6. The first-order valence-corrected chi connectivity index (χ1v) is 9.30. The third-order valence-electron chi connectivity index (χ3n) is 3.96. The maximum Gasteiger partial charge on any atom is 0.124 e. The molecular weight excluding hydrogens is 389 g/mol. The molecule has 1 N–H and O–H groups in total. The first-order valence-electron chi connectivity index (χ1n) is 8.17. The lowest BCUT2D eigenvalue weighted by Crippen LogP contribution is -2.04. The number of aryl methyl sites for hydroxylation is 1. The van der Waals surface area contributed by atoms with Crippen molar-refractivity contribution in [2.45, 2.75) is 20.1 Å². The Labute approximate surface area is 168 Å². The van der Waals surface area contributed by atoms with Gasteiger partial charge in [-0.1, -0.05) is 58.6 Å². The summed E-state index contributed by atoms with van der Waals surface area (Å²) in [6.07, 6.45) is 0. The van der Waals surface area contributed by atoms with E-state index in [1.807, 2.05) is 36.4 Å². The molecule has 3 rings (SSSR count). The molecule has 0 spiro atoms. The van der Waals surface area contributed by atoms with E-state index in [1.165, 1.54) is 5.56 Å². The topological polar surface area (TPSA) is 21.3 Å². The molecule has 134 valence electrons. The monoisotopic (exact) mass is 405 g/mol. The van der Waals surface area contributed by atoms with Gasteiger partial charge < -0.3 is 10.1 Å². The standard InChI is InChI=1S/C21H18Cl3NO/c1-14-2-7-19(8-3-14)25-12-16-10-17(22)6-9-21(16)26-13-15-4-5-18(23)11-20(15)24/h2-11,25H,12-13H2,1H3. The fourth-order valence-electron chi connectivity index (χ4n) is 2.49. The second-order valence-corrected chi connectivity index (χ2v) is 7.28. The molecule has 0 atom stereocenters. The van der Waals surface area contributed by atoms with Crippen LogP contribution in [0.2, 0.25) is 15.1 Å². The molecule has 0 bridgehead atoms. The smallest absolute Gasteiger partial charge is 0.124 e. The van der Waals surface area contributed by atoms with Crippen LogP contribution in [0.25, 0.3) is 0 Å². The highest BCUT2D eigenvalue weighted by Crippen LogP contribution is 2.27. The van der Waals surface area contributed by atoms with Crippen LogP contribution < -0.4 is 10.1 Å². The summed E-state index contributed by atoms with van der Waals surface area (Å²) >= 11 is 18.3. The van der Waals surface area contributed by atoms with E-state index in [2.05, 4.69) is 24.4 Å². The van der Waals surface area contributed by atoms with Crippen molar-refractivity contribution in [3.05, 3.63) is 92.4 Å². The van der Waals surface area contributed by atoms with Gasteiger partial charge in [-0.25, -0.2) is 0 Å².